The largest absolute Gasteiger partial charge is 0.418 e. The highest BCUT2D eigenvalue weighted by Crippen LogP contribution is 2.26. The summed E-state index contributed by atoms with van der Waals surface area (Å²) in [5.74, 6) is -0.238. The Morgan fingerprint density at radius 2 is 1.47 bits per heavy atom. The number of rotatable bonds is 5. The summed E-state index contributed by atoms with van der Waals surface area (Å²) in [5.41, 5.74) is 1.48. The molecule has 0 fully saturated rings. The van der Waals surface area contributed by atoms with Gasteiger partial charge < -0.3 is 4.42 Å². The predicted octanol–water partition coefficient (Wildman–Crippen LogP) is 3.02. The molecule has 6 rings (SSSR count). The zero-order chi connectivity index (χ0) is 26.2. The lowest BCUT2D eigenvalue weighted by Crippen LogP contribution is -2.27. The van der Waals surface area contributed by atoms with Crippen molar-refractivity contribution in [3.63, 3.8) is 0 Å². The van der Waals surface area contributed by atoms with Crippen molar-refractivity contribution in [3.8, 4) is 28.2 Å². The maximum atomic E-state index is 13.2. The number of aromatic nitrogens is 5. The predicted molar refractivity (Wildman–Crippen MR) is 138 cm³/mol. The third-order valence-corrected chi connectivity index (χ3v) is 5.83. The highest BCUT2D eigenvalue weighted by atomic mass is 16.6. The van der Waals surface area contributed by atoms with Crippen LogP contribution < -0.4 is 16.5 Å². The quantitative estimate of drug-likeness (QED) is 0.258. The highest BCUT2D eigenvalue weighted by Gasteiger charge is 2.17. The third-order valence-electron chi connectivity index (χ3n) is 5.83. The van der Waals surface area contributed by atoms with Crippen molar-refractivity contribution < 1.29 is 9.34 Å². The van der Waals surface area contributed by atoms with E-state index < -0.39 is 16.0 Å². The summed E-state index contributed by atoms with van der Waals surface area (Å²) >= 11 is 0. The van der Waals surface area contributed by atoms with Gasteiger partial charge in [0.2, 0.25) is 0 Å². The number of benzene rings is 3. The lowest BCUT2D eigenvalue weighted by molar-refractivity contribution is -0.384. The van der Waals surface area contributed by atoms with Gasteiger partial charge in [0.05, 0.1) is 10.6 Å². The second kappa shape index (κ2) is 9.06. The van der Waals surface area contributed by atoms with Crippen molar-refractivity contribution in [2.75, 3.05) is 0 Å². The number of para-hydroxylation sites is 1. The molecule has 0 saturated carbocycles. The number of hydrogen-bond acceptors (Lipinski definition) is 8. The number of fused-ring (bicyclic) bond motifs is 1. The molecule has 0 atom stereocenters. The highest BCUT2D eigenvalue weighted by molar-refractivity contribution is 5.72. The molecule has 0 bridgehead atoms. The van der Waals surface area contributed by atoms with Gasteiger partial charge in [0, 0.05) is 35.0 Å². The van der Waals surface area contributed by atoms with Crippen LogP contribution in [0.15, 0.2) is 105 Å². The van der Waals surface area contributed by atoms with Gasteiger partial charge in [-0.2, -0.15) is 15.2 Å². The maximum absolute atomic E-state index is 13.2. The van der Waals surface area contributed by atoms with E-state index in [0.29, 0.717) is 22.4 Å². The molecule has 0 aliphatic heterocycles. The summed E-state index contributed by atoms with van der Waals surface area (Å²) in [6.45, 7) is 0. The molecule has 0 unspecified atom stereocenters. The number of oxazole rings is 1. The van der Waals surface area contributed by atoms with Gasteiger partial charge in [0.25, 0.3) is 5.69 Å². The summed E-state index contributed by atoms with van der Waals surface area (Å²) in [4.78, 5) is 40.3. The monoisotopic (exact) mass is 504 g/mol. The summed E-state index contributed by atoms with van der Waals surface area (Å²) in [5, 5.41) is 20.0. The van der Waals surface area contributed by atoms with Crippen LogP contribution in [0.2, 0.25) is 0 Å². The smallest absolute Gasteiger partial charge is 0.330 e. The molecule has 0 amide bonds. The van der Waals surface area contributed by atoms with Crippen LogP contribution in [-0.2, 0) is 0 Å². The molecule has 0 spiro atoms. The summed E-state index contributed by atoms with van der Waals surface area (Å²) < 4.78 is 8.20. The van der Waals surface area contributed by atoms with Crippen molar-refractivity contribution in [1.29, 1.82) is 0 Å². The second-order valence-corrected chi connectivity index (χ2v) is 8.26. The van der Waals surface area contributed by atoms with E-state index in [4.69, 9.17) is 4.42 Å². The zero-order valence-corrected chi connectivity index (χ0v) is 19.5. The van der Waals surface area contributed by atoms with Gasteiger partial charge in [0.15, 0.2) is 11.1 Å². The number of nitro groups is 1. The van der Waals surface area contributed by atoms with Crippen LogP contribution in [0.25, 0.3) is 40.1 Å². The lowest BCUT2D eigenvalue weighted by Gasteiger charge is -2.00. The summed E-state index contributed by atoms with van der Waals surface area (Å²) in [6, 6.07) is 23.9. The molecule has 184 valence electrons. The molecule has 6 aromatic rings. The van der Waals surface area contributed by atoms with Gasteiger partial charge >= 0.3 is 17.0 Å². The Morgan fingerprint density at radius 3 is 2.16 bits per heavy atom. The molecule has 11 nitrogen and oxygen atoms in total. The first-order chi connectivity index (χ1) is 18.5. The van der Waals surface area contributed by atoms with Gasteiger partial charge in [-0.15, -0.1) is 4.52 Å². The molecule has 3 heterocycles. The van der Waals surface area contributed by atoms with E-state index in [1.54, 1.807) is 53.3 Å². The van der Waals surface area contributed by atoms with Gasteiger partial charge in [-0.25, -0.2) is 4.68 Å². The first-order valence-electron chi connectivity index (χ1n) is 11.4. The first-order valence-corrected chi connectivity index (χ1v) is 11.4. The van der Waals surface area contributed by atoms with E-state index >= 15 is 0 Å². The fourth-order valence-corrected chi connectivity index (χ4v) is 4.00. The molecule has 0 N–H and O–H groups in total. The Labute approximate surface area is 212 Å². The van der Waals surface area contributed by atoms with Gasteiger partial charge in [0.1, 0.15) is 5.69 Å². The second-order valence-electron chi connectivity index (χ2n) is 8.26. The SMILES string of the molecule is O=c1nc2o/c(=C\c3cn(-c4ccccc4)nc3-c3ccc([N+](=O)[O-])cc3)c(=O)n2nc1-c1ccccc1. The number of nitrogens with zero attached hydrogens (tertiary/aromatic N) is 6. The Morgan fingerprint density at radius 1 is 0.816 bits per heavy atom. The first kappa shape index (κ1) is 22.7. The molecule has 3 aromatic heterocycles. The van der Waals surface area contributed by atoms with E-state index in [1.165, 1.54) is 18.2 Å². The average molecular weight is 504 g/mol. The molecule has 3 aromatic carbocycles. The normalized spacial score (nSPS) is 11.7. The number of nitro benzene ring substituents is 1. The Balaban J connectivity index is 1.53. The molecule has 0 aliphatic rings. The molecule has 0 saturated heterocycles. The molecule has 0 radical (unpaired) electrons. The van der Waals surface area contributed by atoms with Crippen molar-refractivity contribution in [2.24, 2.45) is 0 Å². The number of hydrogen-bond donors (Lipinski definition) is 0. The van der Waals surface area contributed by atoms with E-state index in [-0.39, 0.29) is 22.6 Å². The van der Waals surface area contributed by atoms with Crippen molar-refractivity contribution in [1.82, 2.24) is 24.4 Å². The Hall–Kier alpha value is -5.71. The van der Waals surface area contributed by atoms with E-state index in [0.717, 1.165) is 10.2 Å². The minimum atomic E-state index is -0.625. The third kappa shape index (κ3) is 4.03. The Bertz CT molecular complexity index is 1980. The Kier molecular flexibility index (Phi) is 5.42. The van der Waals surface area contributed by atoms with Crippen LogP contribution in [-0.4, -0.2) is 29.3 Å². The molecule has 11 heteroatoms. The topological polar surface area (TPSA) is 138 Å². The lowest BCUT2D eigenvalue weighted by atomic mass is 10.1. The van der Waals surface area contributed by atoms with Crippen molar-refractivity contribution in [2.45, 2.75) is 0 Å². The standard InChI is InChI=1S/C27H16N6O5/c34-25-24(17-7-3-1-4-8-17)30-32-26(35)22(38-27(32)28-25)15-19-16-31(20-9-5-2-6-10-20)29-23(19)18-11-13-21(14-12-18)33(36)37/h1-16H/b22-15-. The van der Waals surface area contributed by atoms with Crippen LogP contribution in [0.4, 0.5) is 5.69 Å². The van der Waals surface area contributed by atoms with E-state index in [1.807, 2.05) is 30.3 Å². The van der Waals surface area contributed by atoms with Crippen molar-refractivity contribution >= 4 is 17.6 Å². The van der Waals surface area contributed by atoms with Crippen LogP contribution in [0.1, 0.15) is 5.56 Å². The fraction of sp³-hybridized carbons (Fsp3) is 0. The van der Waals surface area contributed by atoms with Crippen molar-refractivity contribution in [3.05, 3.63) is 133 Å². The minimum Gasteiger partial charge on any atom is -0.418 e. The molecular formula is C27H16N6O5. The summed E-state index contributed by atoms with van der Waals surface area (Å²) in [7, 11) is 0. The van der Waals surface area contributed by atoms with Crippen LogP contribution in [0.5, 0.6) is 0 Å². The van der Waals surface area contributed by atoms with Gasteiger partial charge in [-0.05, 0) is 30.3 Å². The average Bonchev–Trinajstić information content (AvgIpc) is 3.50. The molecular weight excluding hydrogens is 488 g/mol. The zero-order valence-electron chi connectivity index (χ0n) is 19.5. The van der Waals surface area contributed by atoms with Crippen LogP contribution in [0, 0.1) is 10.1 Å². The van der Waals surface area contributed by atoms with Gasteiger partial charge in [-0.3, -0.25) is 19.7 Å². The fourth-order valence-electron chi connectivity index (χ4n) is 4.00. The van der Waals surface area contributed by atoms with Gasteiger partial charge in [-0.1, -0.05) is 48.5 Å². The van der Waals surface area contributed by atoms with E-state index in [9.17, 15) is 19.7 Å². The number of non-ortho nitro benzene ring substituents is 1. The van der Waals surface area contributed by atoms with Crippen LogP contribution in [0.3, 0.4) is 0 Å². The minimum absolute atomic E-state index is 0.0241. The molecule has 0 aliphatic carbocycles. The molecule has 38 heavy (non-hydrogen) atoms. The maximum Gasteiger partial charge on any atom is 0.330 e. The van der Waals surface area contributed by atoms with Crippen LogP contribution >= 0.6 is 0 Å². The summed E-state index contributed by atoms with van der Waals surface area (Å²) in [6.07, 6.45) is 3.19. The van der Waals surface area contributed by atoms with E-state index in [2.05, 4.69) is 15.2 Å².